The zero-order valence-electron chi connectivity index (χ0n) is 26.7. The Labute approximate surface area is 284 Å². The summed E-state index contributed by atoms with van der Waals surface area (Å²) in [5.74, 6) is 0. The summed E-state index contributed by atoms with van der Waals surface area (Å²) < 4.78 is 2.38. The monoisotopic (exact) mass is 622 g/mol. The molecule has 0 bridgehead atoms. The van der Waals surface area contributed by atoms with E-state index in [1.165, 1.54) is 70.8 Å². The van der Waals surface area contributed by atoms with Crippen LogP contribution >= 0.6 is 0 Å². The van der Waals surface area contributed by atoms with Gasteiger partial charge >= 0.3 is 0 Å². The average molecular weight is 623 g/mol. The molecule has 10 aromatic rings. The van der Waals surface area contributed by atoms with Crippen molar-refractivity contribution in [2.24, 2.45) is 0 Å². The summed E-state index contributed by atoms with van der Waals surface area (Å²) in [6.45, 7) is 0. The summed E-state index contributed by atoms with van der Waals surface area (Å²) in [5.41, 5.74) is 10.5. The quantitative estimate of drug-likeness (QED) is 0.179. The Hall–Kier alpha value is -6.51. The van der Waals surface area contributed by atoms with E-state index in [9.17, 15) is 0 Å². The maximum atomic E-state index is 5.11. The van der Waals surface area contributed by atoms with Gasteiger partial charge in [0.05, 0.1) is 16.7 Å². The van der Waals surface area contributed by atoms with E-state index < -0.39 is 0 Å². The van der Waals surface area contributed by atoms with Gasteiger partial charge in [0.1, 0.15) is 0 Å². The number of benzene rings is 8. The number of aromatic nitrogens is 2. The second kappa shape index (κ2) is 11.0. The Kier molecular flexibility index (Phi) is 6.22. The van der Waals surface area contributed by atoms with Crippen molar-refractivity contribution in [1.82, 2.24) is 9.55 Å². The van der Waals surface area contributed by atoms with Crippen LogP contribution in [-0.2, 0) is 0 Å². The number of rotatable bonds is 4. The fraction of sp³-hybridized carbons (Fsp3) is 0. The number of pyridine rings is 1. The van der Waals surface area contributed by atoms with E-state index >= 15 is 0 Å². The minimum atomic E-state index is 0.960. The van der Waals surface area contributed by atoms with Crippen LogP contribution in [0.1, 0.15) is 0 Å². The summed E-state index contributed by atoms with van der Waals surface area (Å²) in [6, 6.07) is 63.4. The SMILES string of the molecule is c1ccc(-c2c3ccccc3c(-c3ccc(-c4ccc5c(c4)c4cc6ccccc6cc4n5-c4ccccc4)nc3)c3ccccc23)cc1. The van der Waals surface area contributed by atoms with Gasteiger partial charge in [-0.1, -0.05) is 133 Å². The molecule has 0 fully saturated rings. The van der Waals surface area contributed by atoms with E-state index in [4.69, 9.17) is 4.98 Å². The van der Waals surface area contributed by atoms with Crippen molar-refractivity contribution in [3.05, 3.63) is 182 Å². The largest absolute Gasteiger partial charge is 0.309 e. The van der Waals surface area contributed by atoms with Crippen LogP contribution in [0, 0.1) is 0 Å². The van der Waals surface area contributed by atoms with Gasteiger partial charge in [-0.25, -0.2) is 0 Å². The Morgan fingerprint density at radius 2 is 0.878 bits per heavy atom. The molecule has 228 valence electrons. The predicted molar refractivity (Wildman–Crippen MR) is 207 cm³/mol. The van der Waals surface area contributed by atoms with Crippen molar-refractivity contribution in [2.75, 3.05) is 0 Å². The third-order valence-electron chi connectivity index (χ3n) is 9.99. The van der Waals surface area contributed by atoms with Crippen LogP contribution in [0.4, 0.5) is 0 Å². The molecule has 0 aliphatic carbocycles. The molecule has 0 aliphatic rings. The molecule has 0 spiro atoms. The first-order valence-corrected chi connectivity index (χ1v) is 16.8. The zero-order valence-corrected chi connectivity index (χ0v) is 26.7. The third-order valence-corrected chi connectivity index (χ3v) is 9.99. The van der Waals surface area contributed by atoms with Gasteiger partial charge in [-0.15, -0.1) is 0 Å². The highest BCUT2D eigenvalue weighted by atomic mass is 15.0. The van der Waals surface area contributed by atoms with Crippen LogP contribution in [0.15, 0.2) is 182 Å². The van der Waals surface area contributed by atoms with Crippen LogP contribution in [-0.4, -0.2) is 9.55 Å². The molecule has 0 unspecified atom stereocenters. The first-order chi connectivity index (χ1) is 24.3. The molecule has 0 saturated heterocycles. The van der Waals surface area contributed by atoms with Gasteiger partial charge in [-0.2, -0.15) is 0 Å². The van der Waals surface area contributed by atoms with Crippen molar-refractivity contribution in [2.45, 2.75) is 0 Å². The zero-order chi connectivity index (χ0) is 32.3. The number of hydrogen-bond acceptors (Lipinski definition) is 1. The Bertz CT molecular complexity index is 2790. The molecule has 8 aromatic carbocycles. The summed E-state index contributed by atoms with van der Waals surface area (Å²) in [5, 5.41) is 9.92. The van der Waals surface area contributed by atoms with E-state index in [0.717, 1.165) is 22.5 Å². The van der Waals surface area contributed by atoms with E-state index in [2.05, 4.69) is 187 Å². The van der Waals surface area contributed by atoms with E-state index in [0.29, 0.717) is 0 Å². The molecule has 49 heavy (non-hydrogen) atoms. The molecule has 2 aromatic heterocycles. The maximum absolute atomic E-state index is 5.11. The fourth-order valence-corrected chi connectivity index (χ4v) is 7.79. The van der Waals surface area contributed by atoms with Gasteiger partial charge in [0.25, 0.3) is 0 Å². The lowest BCUT2D eigenvalue weighted by Gasteiger charge is -2.17. The summed E-state index contributed by atoms with van der Waals surface area (Å²) >= 11 is 0. The molecule has 0 radical (unpaired) electrons. The topological polar surface area (TPSA) is 17.8 Å². The highest BCUT2D eigenvalue weighted by molar-refractivity contribution is 6.21. The number of fused-ring (bicyclic) bond motifs is 6. The Morgan fingerprint density at radius 3 is 1.51 bits per heavy atom. The Morgan fingerprint density at radius 1 is 0.347 bits per heavy atom. The van der Waals surface area contributed by atoms with Crippen molar-refractivity contribution in [1.29, 1.82) is 0 Å². The standard InChI is InChI=1S/C47H30N2/c1-3-13-31(14-4-1)46-37-19-9-11-21-39(37)47(40-22-12-10-20-38(40)46)35-23-25-43(48-30-35)34-24-26-44-41(28-34)42-27-32-15-7-8-16-33(32)29-45(42)49(44)36-17-5-2-6-18-36/h1-30H. The van der Waals surface area contributed by atoms with Crippen LogP contribution in [0.3, 0.4) is 0 Å². The lowest BCUT2D eigenvalue weighted by Crippen LogP contribution is -1.93. The molecular weight excluding hydrogens is 593 g/mol. The molecule has 0 atom stereocenters. The molecule has 0 amide bonds. The number of nitrogens with zero attached hydrogens (tertiary/aromatic N) is 2. The van der Waals surface area contributed by atoms with Crippen LogP contribution < -0.4 is 0 Å². The molecule has 2 heteroatoms. The Balaban J connectivity index is 1.15. The molecule has 0 N–H and O–H groups in total. The van der Waals surface area contributed by atoms with E-state index in [1.807, 2.05) is 0 Å². The third kappa shape index (κ3) is 4.38. The lowest BCUT2D eigenvalue weighted by atomic mass is 9.86. The highest BCUT2D eigenvalue weighted by Gasteiger charge is 2.18. The average Bonchev–Trinajstić information content (AvgIpc) is 3.49. The van der Waals surface area contributed by atoms with Crippen molar-refractivity contribution in [3.8, 4) is 39.2 Å². The van der Waals surface area contributed by atoms with Gasteiger partial charge in [0, 0.05) is 33.8 Å². The minimum Gasteiger partial charge on any atom is -0.309 e. The minimum absolute atomic E-state index is 0.960. The van der Waals surface area contributed by atoms with Crippen LogP contribution in [0.2, 0.25) is 0 Å². The maximum Gasteiger partial charge on any atom is 0.0702 e. The first kappa shape index (κ1) is 27.6. The van der Waals surface area contributed by atoms with E-state index in [-0.39, 0.29) is 0 Å². The van der Waals surface area contributed by atoms with Crippen molar-refractivity contribution < 1.29 is 0 Å². The molecule has 0 saturated carbocycles. The van der Waals surface area contributed by atoms with Crippen molar-refractivity contribution >= 4 is 54.1 Å². The van der Waals surface area contributed by atoms with Gasteiger partial charge in [0.2, 0.25) is 0 Å². The molecule has 2 nitrogen and oxygen atoms in total. The fourth-order valence-electron chi connectivity index (χ4n) is 7.79. The second-order valence-electron chi connectivity index (χ2n) is 12.8. The van der Waals surface area contributed by atoms with Gasteiger partial charge in [-0.05, 0) is 91.5 Å². The van der Waals surface area contributed by atoms with Crippen molar-refractivity contribution in [3.63, 3.8) is 0 Å². The summed E-state index contributed by atoms with van der Waals surface area (Å²) in [6.07, 6.45) is 2.05. The smallest absolute Gasteiger partial charge is 0.0702 e. The highest BCUT2D eigenvalue weighted by Crippen LogP contribution is 2.44. The van der Waals surface area contributed by atoms with Gasteiger partial charge in [-0.3, -0.25) is 4.98 Å². The van der Waals surface area contributed by atoms with E-state index in [1.54, 1.807) is 0 Å². The van der Waals surface area contributed by atoms with Crippen LogP contribution in [0.5, 0.6) is 0 Å². The molecule has 2 heterocycles. The summed E-state index contributed by atoms with van der Waals surface area (Å²) in [7, 11) is 0. The summed E-state index contributed by atoms with van der Waals surface area (Å²) in [4.78, 5) is 5.11. The van der Waals surface area contributed by atoms with Gasteiger partial charge < -0.3 is 4.57 Å². The molecule has 0 aliphatic heterocycles. The van der Waals surface area contributed by atoms with Crippen LogP contribution in [0.25, 0.3) is 93.3 Å². The number of hydrogen-bond donors (Lipinski definition) is 0. The van der Waals surface area contributed by atoms with Gasteiger partial charge in [0.15, 0.2) is 0 Å². The predicted octanol–water partition coefficient (Wildman–Crippen LogP) is 12.6. The second-order valence-corrected chi connectivity index (χ2v) is 12.8. The molecular formula is C47H30N2. The normalized spacial score (nSPS) is 11.7. The first-order valence-electron chi connectivity index (χ1n) is 16.8. The molecule has 10 rings (SSSR count). The number of para-hydroxylation sites is 1. The lowest BCUT2D eigenvalue weighted by molar-refractivity contribution is 1.18.